The quantitative estimate of drug-likeness (QED) is 0.633. The molecule has 2 amide bonds. The zero-order valence-electron chi connectivity index (χ0n) is 20.2. The van der Waals surface area contributed by atoms with Crippen LogP contribution in [0.2, 0.25) is 0 Å². The van der Waals surface area contributed by atoms with E-state index in [9.17, 15) is 18.0 Å². The smallest absolute Gasteiger partial charge is 0.243 e. The van der Waals surface area contributed by atoms with Gasteiger partial charge in [-0.15, -0.1) is 0 Å². The van der Waals surface area contributed by atoms with Crippen molar-refractivity contribution in [3.8, 4) is 0 Å². The van der Waals surface area contributed by atoms with Gasteiger partial charge in [0, 0.05) is 45.0 Å². The molecule has 35 heavy (non-hydrogen) atoms. The van der Waals surface area contributed by atoms with Gasteiger partial charge in [-0.25, -0.2) is 8.42 Å². The summed E-state index contributed by atoms with van der Waals surface area (Å²) in [6.45, 7) is 5.32. The molecule has 0 aromatic heterocycles. The molecule has 2 saturated heterocycles. The number of piperidine rings is 1. The van der Waals surface area contributed by atoms with E-state index in [1.54, 1.807) is 30.3 Å². The molecule has 188 valence electrons. The molecule has 2 heterocycles. The highest BCUT2D eigenvalue weighted by atomic mass is 32.2. The van der Waals surface area contributed by atoms with Crippen LogP contribution >= 0.6 is 0 Å². The number of rotatable bonds is 7. The molecule has 1 atom stereocenters. The molecule has 0 spiro atoms. The monoisotopic (exact) mass is 498 g/mol. The maximum Gasteiger partial charge on any atom is 0.243 e. The lowest BCUT2D eigenvalue weighted by atomic mass is 9.98. The van der Waals surface area contributed by atoms with Crippen LogP contribution in [0, 0.1) is 5.92 Å². The van der Waals surface area contributed by atoms with E-state index in [4.69, 9.17) is 0 Å². The number of carbonyl (C=O) groups excluding carboxylic acids is 2. The number of amides is 2. The maximum atomic E-state index is 13.2. The SMILES string of the molecule is CCc1ccccc1NC(=O)CN1CCN(C(=O)C2CCCN(S(=O)(=O)c3ccccc3)C2)CC1. The third-order valence-corrected chi connectivity index (χ3v) is 8.72. The Morgan fingerprint density at radius 1 is 0.943 bits per heavy atom. The van der Waals surface area contributed by atoms with Crippen molar-refractivity contribution in [3.63, 3.8) is 0 Å². The molecule has 2 aromatic carbocycles. The molecular weight excluding hydrogens is 464 g/mol. The molecule has 0 bridgehead atoms. The van der Waals surface area contributed by atoms with E-state index >= 15 is 0 Å². The van der Waals surface area contributed by atoms with Gasteiger partial charge in [-0.2, -0.15) is 4.31 Å². The molecule has 0 aliphatic carbocycles. The van der Waals surface area contributed by atoms with E-state index in [1.807, 2.05) is 29.2 Å². The van der Waals surface area contributed by atoms with E-state index in [2.05, 4.69) is 17.1 Å². The van der Waals surface area contributed by atoms with Gasteiger partial charge in [-0.1, -0.05) is 43.3 Å². The first-order valence-corrected chi connectivity index (χ1v) is 13.8. The molecule has 2 fully saturated rings. The Morgan fingerprint density at radius 3 is 2.34 bits per heavy atom. The van der Waals surface area contributed by atoms with Crippen molar-refractivity contribution in [2.75, 3.05) is 51.1 Å². The van der Waals surface area contributed by atoms with Crippen LogP contribution in [-0.2, 0) is 26.0 Å². The summed E-state index contributed by atoms with van der Waals surface area (Å²) < 4.78 is 27.5. The van der Waals surface area contributed by atoms with Crippen molar-refractivity contribution >= 4 is 27.5 Å². The summed E-state index contributed by atoms with van der Waals surface area (Å²) in [5.74, 6) is -0.374. The summed E-state index contributed by atoms with van der Waals surface area (Å²) in [5, 5.41) is 3.00. The number of carbonyl (C=O) groups is 2. The van der Waals surface area contributed by atoms with E-state index in [1.165, 1.54) is 4.31 Å². The van der Waals surface area contributed by atoms with Gasteiger partial charge in [0.2, 0.25) is 21.8 Å². The zero-order valence-corrected chi connectivity index (χ0v) is 21.0. The van der Waals surface area contributed by atoms with Crippen LogP contribution in [0.4, 0.5) is 5.69 Å². The summed E-state index contributed by atoms with van der Waals surface area (Å²) in [7, 11) is -3.60. The lowest BCUT2D eigenvalue weighted by molar-refractivity contribution is -0.138. The van der Waals surface area contributed by atoms with Gasteiger partial charge in [0.1, 0.15) is 0 Å². The van der Waals surface area contributed by atoms with Gasteiger partial charge < -0.3 is 10.2 Å². The fourth-order valence-electron chi connectivity index (χ4n) is 4.83. The number of aryl methyl sites for hydroxylation is 1. The first-order chi connectivity index (χ1) is 16.9. The van der Waals surface area contributed by atoms with Gasteiger partial charge in [0.05, 0.1) is 17.4 Å². The Labute approximate surface area is 207 Å². The highest BCUT2D eigenvalue weighted by Gasteiger charge is 2.35. The Bertz CT molecular complexity index is 1130. The van der Waals surface area contributed by atoms with Crippen LogP contribution in [0.1, 0.15) is 25.3 Å². The Kier molecular flexibility index (Phi) is 8.20. The van der Waals surface area contributed by atoms with Crippen LogP contribution in [0.3, 0.4) is 0 Å². The maximum absolute atomic E-state index is 13.2. The van der Waals surface area contributed by atoms with Crippen LogP contribution in [-0.4, -0.2) is 80.2 Å². The Morgan fingerprint density at radius 2 is 1.63 bits per heavy atom. The van der Waals surface area contributed by atoms with Crippen LogP contribution in [0.15, 0.2) is 59.5 Å². The lowest BCUT2D eigenvalue weighted by Gasteiger charge is -2.38. The average molecular weight is 499 g/mol. The number of hydrogen-bond donors (Lipinski definition) is 1. The fourth-order valence-corrected chi connectivity index (χ4v) is 6.38. The highest BCUT2D eigenvalue weighted by molar-refractivity contribution is 7.89. The minimum absolute atomic E-state index is 0.0129. The molecule has 2 aromatic rings. The van der Waals surface area contributed by atoms with Gasteiger partial charge in [-0.05, 0) is 43.0 Å². The number of nitrogens with one attached hydrogen (secondary N) is 1. The largest absolute Gasteiger partial charge is 0.340 e. The minimum atomic E-state index is -3.60. The number of nitrogens with zero attached hydrogens (tertiary/aromatic N) is 3. The molecule has 2 aliphatic rings. The predicted octanol–water partition coefficient (Wildman–Crippen LogP) is 2.43. The van der Waals surface area contributed by atoms with Crippen molar-refractivity contribution in [3.05, 3.63) is 60.2 Å². The molecule has 1 unspecified atom stereocenters. The topological polar surface area (TPSA) is 90.0 Å². The highest BCUT2D eigenvalue weighted by Crippen LogP contribution is 2.25. The van der Waals surface area contributed by atoms with Crippen molar-refractivity contribution < 1.29 is 18.0 Å². The van der Waals surface area contributed by atoms with Crippen molar-refractivity contribution in [1.82, 2.24) is 14.1 Å². The molecule has 0 radical (unpaired) electrons. The second kappa shape index (κ2) is 11.3. The van der Waals surface area contributed by atoms with Crippen LogP contribution in [0.5, 0.6) is 0 Å². The predicted molar refractivity (Wildman–Crippen MR) is 135 cm³/mol. The summed E-state index contributed by atoms with van der Waals surface area (Å²) in [5.41, 5.74) is 1.95. The summed E-state index contributed by atoms with van der Waals surface area (Å²) in [6.07, 6.45) is 2.21. The minimum Gasteiger partial charge on any atom is -0.340 e. The zero-order chi connectivity index (χ0) is 24.8. The van der Waals surface area contributed by atoms with Crippen LogP contribution < -0.4 is 5.32 Å². The van der Waals surface area contributed by atoms with Crippen LogP contribution in [0.25, 0.3) is 0 Å². The van der Waals surface area contributed by atoms with E-state index in [0.29, 0.717) is 45.6 Å². The van der Waals surface area contributed by atoms with Crippen molar-refractivity contribution in [1.29, 1.82) is 0 Å². The molecule has 1 N–H and O–H groups in total. The second-order valence-electron chi connectivity index (χ2n) is 9.18. The average Bonchev–Trinajstić information content (AvgIpc) is 2.89. The second-order valence-corrected chi connectivity index (χ2v) is 11.1. The normalized spacial score (nSPS) is 19.9. The first kappa shape index (κ1) is 25.3. The lowest BCUT2D eigenvalue weighted by Crippen LogP contribution is -2.53. The number of hydrogen-bond acceptors (Lipinski definition) is 5. The third kappa shape index (κ3) is 6.09. The standard InChI is InChI=1S/C26H34N4O4S/c1-2-21-9-6-7-13-24(21)27-25(31)20-28-15-17-29(18-16-28)26(32)22-10-8-14-30(19-22)35(33,34)23-11-4-3-5-12-23/h3-7,9,11-13,22H,2,8,10,14-20H2,1H3,(H,27,31). The fraction of sp³-hybridized carbons (Fsp3) is 0.462. The third-order valence-electron chi connectivity index (χ3n) is 6.84. The molecule has 4 rings (SSSR count). The van der Waals surface area contributed by atoms with Crippen molar-refractivity contribution in [2.45, 2.75) is 31.1 Å². The molecule has 0 saturated carbocycles. The number of sulfonamides is 1. The molecule has 2 aliphatic heterocycles. The summed E-state index contributed by atoms with van der Waals surface area (Å²) >= 11 is 0. The Hall–Kier alpha value is -2.75. The summed E-state index contributed by atoms with van der Waals surface area (Å²) in [4.78, 5) is 29.9. The number of para-hydroxylation sites is 1. The molecule has 8 nitrogen and oxygen atoms in total. The molecule has 9 heteroatoms. The number of piperazine rings is 1. The summed E-state index contributed by atoms with van der Waals surface area (Å²) in [6, 6.07) is 16.2. The number of anilines is 1. The molecular formula is C26H34N4O4S. The van der Waals surface area contributed by atoms with E-state index < -0.39 is 10.0 Å². The van der Waals surface area contributed by atoms with Crippen molar-refractivity contribution in [2.24, 2.45) is 5.92 Å². The van der Waals surface area contributed by atoms with E-state index in [0.717, 1.165) is 17.7 Å². The van der Waals surface area contributed by atoms with Gasteiger partial charge >= 0.3 is 0 Å². The first-order valence-electron chi connectivity index (χ1n) is 12.3. The van der Waals surface area contributed by atoms with Gasteiger partial charge in [-0.3, -0.25) is 14.5 Å². The van der Waals surface area contributed by atoms with Gasteiger partial charge in [0.25, 0.3) is 0 Å². The number of benzene rings is 2. The van der Waals surface area contributed by atoms with Gasteiger partial charge in [0.15, 0.2) is 0 Å². The van der Waals surface area contributed by atoms with E-state index in [-0.39, 0.29) is 35.7 Å². The Balaban J connectivity index is 1.28.